The lowest BCUT2D eigenvalue weighted by atomic mass is 9.54. The molecule has 20 heavy (non-hydrogen) atoms. The summed E-state index contributed by atoms with van der Waals surface area (Å²) in [5.74, 6) is 1.76. The van der Waals surface area contributed by atoms with Gasteiger partial charge in [-0.3, -0.25) is 4.79 Å². The van der Waals surface area contributed by atoms with Gasteiger partial charge in [-0.15, -0.1) is 0 Å². The summed E-state index contributed by atoms with van der Waals surface area (Å²) in [7, 11) is 0. The molecule has 5 heteroatoms. The van der Waals surface area contributed by atoms with Gasteiger partial charge in [-0.25, -0.2) is 0 Å². The van der Waals surface area contributed by atoms with E-state index in [9.17, 15) is 4.79 Å². The predicted octanol–water partition coefficient (Wildman–Crippen LogP) is 0.990. The standard InChI is InChI=1S/C15H24BrN3O/c16-9-5-10(17)11-12-13(18-6-19-14(9)12)7-3-1-2-4-8(7)15(11)20/h7-14,18-19H,1-6,17H2. The Morgan fingerprint density at radius 3 is 2.75 bits per heavy atom. The zero-order valence-corrected chi connectivity index (χ0v) is 13.3. The van der Waals surface area contributed by atoms with Gasteiger partial charge >= 0.3 is 0 Å². The number of hydrogen-bond acceptors (Lipinski definition) is 4. The molecule has 0 aromatic heterocycles. The average molecular weight is 342 g/mol. The lowest BCUT2D eigenvalue weighted by Crippen LogP contribution is -2.73. The summed E-state index contributed by atoms with van der Waals surface area (Å²) >= 11 is 3.81. The quantitative estimate of drug-likeness (QED) is 0.575. The van der Waals surface area contributed by atoms with E-state index < -0.39 is 0 Å². The van der Waals surface area contributed by atoms with Crippen LogP contribution in [0.15, 0.2) is 0 Å². The van der Waals surface area contributed by atoms with Gasteiger partial charge in [-0.05, 0) is 25.2 Å². The van der Waals surface area contributed by atoms with Gasteiger partial charge in [0.15, 0.2) is 0 Å². The van der Waals surface area contributed by atoms with Gasteiger partial charge in [0.1, 0.15) is 5.78 Å². The Labute approximate surface area is 128 Å². The van der Waals surface area contributed by atoms with Crippen LogP contribution >= 0.6 is 15.9 Å². The zero-order valence-electron chi connectivity index (χ0n) is 11.7. The van der Waals surface area contributed by atoms with Gasteiger partial charge in [-0.2, -0.15) is 0 Å². The van der Waals surface area contributed by atoms with Crippen molar-refractivity contribution in [2.24, 2.45) is 29.4 Å². The fourth-order valence-electron chi connectivity index (χ4n) is 5.47. The van der Waals surface area contributed by atoms with Gasteiger partial charge in [0.25, 0.3) is 0 Å². The van der Waals surface area contributed by atoms with Crippen LogP contribution in [0.5, 0.6) is 0 Å². The summed E-state index contributed by atoms with van der Waals surface area (Å²) in [5.41, 5.74) is 6.39. The number of hydrogen-bond donors (Lipinski definition) is 3. The number of Topliss-reactive ketones (excluding diaryl/α,β-unsaturated/α-hetero) is 1. The monoisotopic (exact) mass is 341 g/mol. The number of carbonyl (C=O) groups is 1. The van der Waals surface area contributed by atoms with Crippen LogP contribution in [0.2, 0.25) is 0 Å². The number of ketones is 1. The molecule has 0 bridgehead atoms. The van der Waals surface area contributed by atoms with Crippen LogP contribution in [-0.4, -0.2) is 35.4 Å². The zero-order chi connectivity index (χ0) is 13.9. The van der Waals surface area contributed by atoms with E-state index in [1.54, 1.807) is 0 Å². The smallest absolute Gasteiger partial charge is 0.141 e. The maximum Gasteiger partial charge on any atom is 0.141 e. The van der Waals surface area contributed by atoms with Crippen LogP contribution < -0.4 is 16.4 Å². The Morgan fingerprint density at radius 2 is 1.90 bits per heavy atom. The van der Waals surface area contributed by atoms with Crippen LogP contribution in [0, 0.1) is 23.7 Å². The first kappa shape index (κ1) is 13.7. The second-order valence-electron chi connectivity index (χ2n) is 7.11. The number of rotatable bonds is 0. The second kappa shape index (κ2) is 5.04. The minimum atomic E-state index is 0.0280. The van der Waals surface area contributed by atoms with Crippen molar-refractivity contribution in [2.45, 2.75) is 55.1 Å². The number of alkyl halides is 1. The molecular formula is C15H24BrN3O. The molecule has 4 nitrogen and oxygen atoms in total. The molecular weight excluding hydrogens is 318 g/mol. The van der Waals surface area contributed by atoms with Crippen molar-refractivity contribution < 1.29 is 4.79 Å². The van der Waals surface area contributed by atoms with Gasteiger partial charge in [0, 0.05) is 47.4 Å². The molecule has 4 N–H and O–H groups in total. The molecule has 3 aliphatic carbocycles. The molecule has 1 aliphatic heterocycles. The Morgan fingerprint density at radius 1 is 1.15 bits per heavy atom. The lowest BCUT2D eigenvalue weighted by Gasteiger charge is -2.58. The van der Waals surface area contributed by atoms with E-state index in [1.807, 2.05) is 0 Å². The molecule has 4 aliphatic rings. The molecule has 4 rings (SSSR count). The maximum atomic E-state index is 13.0. The highest BCUT2D eigenvalue weighted by Crippen LogP contribution is 2.49. The normalized spacial score (nSPS) is 55.0. The molecule has 0 spiro atoms. The number of nitrogens with one attached hydrogen (secondary N) is 2. The van der Waals surface area contributed by atoms with Crippen molar-refractivity contribution in [3.63, 3.8) is 0 Å². The fourth-order valence-corrected chi connectivity index (χ4v) is 6.44. The van der Waals surface area contributed by atoms with Gasteiger partial charge in [0.2, 0.25) is 0 Å². The average Bonchev–Trinajstić information content (AvgIpc) is 2.46. The summed E-state index contributed by atoms with van der Waals surface area (Å²) in [6.45, 7) is 0.868. The Bertz CT molecular complexity index is 418. The Kier molecular flexibility index (Phi) is 3.45. The van der Waals surface area contributed by atoms with Crippen molar-refractivity contribution in [1.29, 1.82) is 0 Å². The molecule has 1 heterocycles. The molecule has 3 saturated carbocycles. The number of nitrogens with two attached hydrogens (primary N) is 1. The fraction of sp³-hybridized carbons (Fsp3) is 0.933. The van der Waals surface area contributed by atoms with E-state index in [2.05, 4.69) is 26.6 Å². The van der Waals surface area contributed by atoms with Gasteiger partial charge < -0.3 is 16.4 Å². The number of halogens is 1. The third kappa shape index (κ3) is 1.86. The summed E-state index contributed by atoms with van der Waals surface area (Å²) in [6, 6.07) is 0.915. The van der Waals surface area contributed by atoms with Crippen LogP contribution in [0.3, 0.4) is 0 Å². The summed E-state index contributed by atoms with van der Waals surface area (Å²) in [5, 5.41) is 7.24. The highest BCUT2D eigenvalue weighted by molar-refractivity contribution is 9.09. The SMILES string of the molecule is NC1CC(Br)C2NCNC3C4CCCCC4C(=O)C1C23. The largest absolute Gasteiger partial charge is 0.327 e. The highest BCUT2D eigenvalue weighted by Gasteiger charge is 2.58. The van der Waals surface area contributed by atoms with E-state index in [1.165, 1.54) is 19.3 Å². The van der Waals surface area contributed by atoms with Crippen LogP contribution in [0.1, 0.15) is 32.1 Å². The minimum absolute atomic E-state index is 0.0280. The van der Waals surface area contributed by atoms with E-state index >= 15 is 0 Å². The summed E-state index contributed by atoms with van der Waals surface area (Å²) < 4.78 is 0. The lowest BCUT2D eigenvalue weighted by molar-refractivity contribution is -0.143. The first-order valence-corrected chi connectivity index (χ1v) is 9.00. The van der Waals surface area contributed by atoms with Crippen molar-refractivity contribution in [3.8, 4) is 0 Å². The van der Waals surface area contributed by atoms with Crippen molar-refractivity contribution in [1.82, 2.24) is 10.6 Å². The molecule has 112 valence electrons. The highest BCUT2D eigenvalue weighted by atomic mass is 79.9. The molecule has 0 amide bonds. The predicted molar refractivity (Wildman–Crippen MR) is 81.5 cm³/mol. The summed E-state index contributed by atoms with van der Waals surface area (Å²) in [4.78, 5) is 13.4. The van der Waals surface area contributed by atoms with E-state index in [0.29, 0.717) is 34.5 Å². The first-order chi connectivity index (χ1) is 9.68. The Hall–Kier alpha value is 0.0300. The molecule has 0 aromatic rings. The molecule has 8 unspecified atom stereocenters. The molecule has 0 radical (unpaired) electrons. The van der Waals surface area contributed by atoms with E-state index in [4.69, 9.17) is 5.73 Å². The van der Waals surface area contributed by atoms with Crippen molar-refractivity contribution >= 4 is 21.7 Å². The Balaban J connectivity index is 1.73. The van der Waals surface area contributed by atoms with Crippen molar-refractivity contribution in [2.75, 3.05) is 6.67 Å². The van der Waals surface area contributed by atoms with E-state index in [-0.39, 0.29) is 17.9 Å². The van der Waals surface area contributed by atoms with Crippen LogP contribution in [-0.2, 0) is 4.79 Å². The van der Waals surface area contributed by atoms with Crippen LogP contribution in [0.25, 0.3) is 0 Å². The summed E-state index contributed by atoms with van der Waals surface area (Å²) in [6.07, 6.45) is 5.72. The molecule has 1 saturated heterocycles. The topological polar surface area (TPSA) is 67.2 Å². The third-order valence-corrected chi connectivity index (χ3v) is 7.19. The number of carbonyl (C=O) groups excluding carboxylic acids is 1. The molecule has 8 atom stereocenters. The first-order valence-electron chi connectivity index (χ1n) is 8.08. The van der Waals surface area contributed by atoms with E-state index in [0.717, 1.165) is 19.5 Å². The minimum Gasteiger partial charge on any atom is -0.327 e. The van der Waals surface area contributed by atoms with Crippen LogP contribution in [0.4, 0.5) is 0 Å². The molecule has 0 aromatic carbocycles. The van der Waals surface area contributed by atoms with Gasteiger partial charge in [-0.1, -0.05) is 28.8 Å². The third-order valence-electron chi connectivity index (χ3n) is 6.24. The van der Waals surface area contributed by atoms with Crippen molar-refractivity contribution in [3.05, 3.63) is 0 Å². The second-order valence-corrected chi connectivity index (χ2v) is 8.29. The maximum absolute atomic E-state index is 13.0. The molecule has 4 fully saturated rings. The number of fused-ring (bicyclic) bond motifs is 2. The van der Waals surface area contributed by atoms with Gasteiger partial charge in [0.05, 0.1) is 0 Å².